The molecule has 3 N–H and O–H groups in total. The third kappa shape index (κ3) is 2.35. The Labute approximate surface area is 142 Å². The average Bonchev–Trinajstić information content (AvgIpc) is 3.01. The van der Waals surface area contributed by atoms with Crippen LogP contribution in [0.4, 0.5) is 5.13 Å². The van der Waals surface area contributed by atoms with Gasteiger partial charge < -0.3 is 10.8 Å². The van der Waals surface area contributed by atoms with Crippen LogP contribution in [0, 0.1) is 29.6 Å². The fourth-order valence-corrected chi connectivity index (χ4v) is 3.27. The third-order valence-electron chi connectivity index (χ3n) is 3.63. The molecule has 7 nitrogen and oxygen atoms in total. The Morgan fingerprint density at radius 1 is 1.17 bits per heavy atom. The Hall–Kier alpha value is -3.36. The molecule has 1 aliphatic rings. The molecule has 0 saturated heterocycles. The van der Waals surface area contributed by atoms with Gasteiger partial charge in [-0.1, -0.05) is 41.7 Å². The zero-order valence-electron chi connectivity index (χ0n) is 12.6. The van der Waals surface area contributed by atoms with E-state index >= 15 is 0 Å². The molecule has 8 heteroatoms. The molecule has 24 heavy (non-hydrogen) atoms. The number of allylic oxidation sites excluding steroid dienone is 2. The summed E-state index contributed by atoms with van der Waals surface area (Å²) in [6.07, 6.45) is 0. The zero-order chi connectivity index (χ0) is 17.3. The van der Waals surface area contributed by atoms with Crippen molar-refractivity contribution in [3.8, 4) is 12.1 Å². The fraction of sp³-hybridized carbons (Fsp3) is 0.125. The number of nitrogens with zero attached hydrogens (tertiary/aromatic N) is 5. The molecule has 1 unspecified atom stereocenters. The van der Waals surface area contributed by atoms with Gasteiger partial charge in [-0.3, -0.25) is 0 Å². The number of hydrogen-bond donors (Lipinski definition) is 2. The lowest BCUT2D eigenvalue weighted by atomic mass is 9.83. The molecular weight excluding hydrogens is 324 g/mol. The predicted molar refractivity (Wildman–Crippen MR) is 88.4 cm³/mol. The van der Waals surface area contributed by atoms with E-state index in [2.05, 4.69) is 16.3 Å². The van der Waals surface area contributed by atoms with Crippen molar-refractivity contribution in [3.63, 3.8) is 0 Å². The normalized spacial score (nSPS) is 17.6. The molecule has 0 fully saturated rings. The van der Waals surface area contributed by atoms with Gasteiger partial charge in [0.15, 0.2) is 0 Å². The molecule has 1 aromatic carbocycles. The van der Waals surface area contributed by atoms with E-state index < -0.39 is 5.92 Å². The average molecular weight is 336 g/mol. The van der Waals surface area contributed by atoms with Gasteiger partial charge in [-0.2, -0.15) is 10.5 Å². The summed E-state index contributed by atoms with van der Waals surface area (Å²) in [5, 5.41) is 38.6. The van der Waals surface area contributed by atoms with Crippen molar-refractivity contribution >= 4 is 16.5 Å². The second-order valence-corrected chi connectivity index (χ2v) is 6.20. The smallest absolute Gasteiger partial charge is 0.220 e. The Morgan fingerprint density at radius 2 is 1.83 bits per heavy atom. The molecule has 2 aromatic rings. The van der Waals surface area contributed by atoms with Gasteiger partial charge in [0, 0.05) is 0 Å². The van der Waals surface area contributed by atoms with Crippen LogP contribution in [0.15, 0.2) is 53.2 Å². The number of aryl methyl sites for hydroxylation is 1. The molecule has 3 rings (SSSR count). The first kappa shape index (κ1) is 15.5. The maximum Gasteiger partial charge on any atom is 0.220 e. The number of aliphatic hydroxyl groups is 1. The van der Waals surface area contributed by atoms with E-state index in [4.69, 9.17) is 5.73 Å². The number of benzene rings is 1. The van der Waals surface area contributed by atoms with Crippen molar-refractivity contribution in [1.82, 2.24) is 10.2 Å². The molecule has 118 valence electrons. The van der Waals surface area contributed by atoms with Crippen molar-refractivity contribution < 1.29 is 5.11 Å². The number of aromatic nitrogens is 2. The highest BCUT2D eigenvalue weighted by Gasteiger charge is 2.37. The summed E-state index contributed by atoms with van der Waals surface area (Å²) >= 11 is 1.20. The fourth-order valence-electron chi connectivity index (χ4n) is 2.56. The molecule has 0 spiro atoms. The van der Waals surface area contributed by atoms with Crippen LogP contribution in [0.1, 0.15) is 16.5 Å². The number of aliphatic hydroxyl groups excluding tert-OH is 1. The quantitative estimate of drug-likeness (QED) is 0.863. The maximum absolute atomic E-state index is 10.6. The summed E-state index contributed by atoms with van der Waals surface area (Å²) in [7, 11) is 0. The molecule has 0 radical (unpaired) electrons. The van der Waals surface area contributed by atoms with Crippen molar-refractivity contribution in [1.29, 1.82) is 10.5 Å². The van der Waals surface area contributed by atoms with Crippen molar-refractivity contribution in [2.24, 2.45) is 5.73 Å². The minimum absolute atomic E-state index is 0.0407. The van der Waals surface area contributed by atoms with E-state index in [1.165, 1.54) is 16.2 Å². The van der Waals surface area contributed by atoms with Crippen LogP contribution in [-0.4, -0.2) is 15.3 Å². The van der Waals surface area contributed by atoms with Crippen LogP contribution in [0.25, 0.3) is 0 Å². The molecule has 0 amide bonds. The highest BCUT2D eigenvalue weighted by atomic mass is 32.1. The Kier molecular flexibility index (Phi) is 3.90. The summed E-state index contributed by atoms with van der Waals surface area (Å²) in [5.41, 5.74) is 7.06. The molecule has 1 aromatic heterocycles. The molecule has 1 aliphatic heterocycles. The first-order valence-electron chi connectivity index (χ1n) is 6.96. The van der Waals surface area contributed by atoms with Crippen LogP contribution in [0.5, 0.6) is 0 Å². The molecule has 1 atom stereocenters. The lowest BCUT2D eigenvalue weighted by Crippen LogP contribution is -2.35. The van der Waals surface area contributed by atoms with Gasteiger partial charge in [0.05, 0.1) is 17.6 Å². The summed E-state index contributed by atoms with van der Waals surface area (Å²) < 4.78 is 0. The lowest BCUT2D eigenvalue weighted by Gasteiger charge is -2.30. The van der Waals surface area contributed by atoms with Crippen LogP contribution in [0.2, 0.25) is 0 Å². The summed E-state index contributed by atoms with van der Waals surface area (Å²) in [5.74, 6) is -1.01. The number of hydrogen-bond acceptors (Lipinski definition) is 8. The number of anilines is 1. The summed E-state index contributed by atoms with van der Waals surface area (Å²) in [6, 6.07) is 13.1. The monoisotopic (exact) mass is 336 g/mol. The lowest BCUT2D eigenvalue weighted by molar-refractivity contribution is 0.385. The standard InChI is InChI=1S/C16H12N6OS/c1-9-20-21-16(24-9)22-14(19)11(7-17)13(12(8-18)15(22)23)10-5-3-2-4-6-10/h2-6,13,23H,19H2,1H3. The Bertz CT molecular complexity index is 893. The predicted octanol–water partition coefficient (Wildman–Crippen LogP) is 2.44. The van der Waals surface area contributed by atoms with Gasteiger partial charge in [0.2, 0.25) is 11.0 Å². The Balaban J connectivity index is 2.23. The van der Waals surface area contributed by atoms with Crippen molar-refractivity contribution in [2.45, 2.75) is 12.8 Å². The topological polar surface area (TPSA) is 123 Å². The molecule has 2 heterocycles. The van der Waals surface area contributed by atoms with Gasteiger partial charge in [-0.15, -0.1) is 10.2 Å². The largest absolute Gasteiger partial charge is 0.493 e. The Morgan fingerprint density at radius 3 is 2.38 bits per heavy atom. The number of rotatable bonds is 2. The van der Waals surface area contributed by atoms with Crippen LogP contribution in [0.3, 0.4) is 0 Å². The van der Waals surface area contributed by atoms with Crippen LogP contribution >= 0.6 is 11.3 Å². The minimum atomic E-state index is -0.716. The highest BCUT2D eigenvalue weighted by Crippen LogP contribution is 2.41. The first-order valence-corrected chi connectivity index (χ1v) is 7.78. The van der Waals surface area contributed by atoms with E-state index in [1.54, 1.807) is 31.2 Å². The number of nitriles is 2. The highest BCUT2D eigenvalue weighted by molar-refractivity contribution is 7.15. The third-order valence-corrected chi connectivity index (χ3v) is 4.45. The summed E-state index contributed by atoms with van der Waals surface area (Å²) in [6.45, 7) is 1.76. The molecular formula is C16H12N6OS. The molecule has 0 aliphatic carbocycles. The van der Waals surface area contributed by atoms with Crippen molar-refractivity contribution in [2.75, 3.05) is 4.90 Å². The van der Waals surface area contributed by atoms with E-state index in [1.807, 2.05) is 12.1 Å². The van der Waals surface area contributed by atoms with E-state index in [0.29, 0.717) is 15.7 Å². The van der Waals surface area contributed by atoms with Crippen LogP contribution < -0.4 is 10.6 Å². The maximum atomic E-state index is 10.6. The van der Waals surface area contributed by atoms with Gasteiger partial charge in [-0.05, 0) is 12.5 Å². The van der Waals surface area contributed by atoms with Gasteiger partial charge in [0.1, 0.15) is 22.5 Å². The summed E-state index contributed by atoms with van der Waals surface area (Å²) in [4.78, 5) is 1.20. The van der Waals surface area contributed by atoms with E-state index in [0.717, 1.165) is 0 Å². The molecule has 0 bridgehead atoms. The minimum Gasteiger partial charge on any atom is -0.493 e. The zero-order valence-corrected chi connectivity index (χ0v) is 13.4. The van der Waals surface area contributed by atoms with Gasteiger partial charge in [0.25, 0.3) is 0 Å². The SMILES string of the molecule is Cc1nnc(N2C(N)=C(C#N)C(c3ccccc3)C(C#N)=C2O)s1. The van der Waals surface area contributed by atoms with Gasteiger partial charge >= 0.3 is 0 Å². The number of nitrogens with two attached hydrogens (primary N) is 1. The second-order valence-electron chi connectivity index (χ2n) is 5.04. The second kappa shape index (κ2) is 6.03. The first-order chi connectivity index (χ1) is 11.6. The molecule has 0 saturated carbocycles. The van der Waals surface area contributed by atoms with E-state index in [9.17, 15) is 15.6 Å². The van der Waals surface area contributed by atoms with Crippen molar-refractivity contribution in [3.05, 3.63) is 63.8 Å². The van der Waals surface area contributed by atoms with Gasteiger partial charge in [-0.25, -0.2) is 4.90 Å². The van der Waals surface area contributed by atoms with E-state index in [-0.39, 0.29) is 22.9 Å². The van der Waals surface area contributed by atoms with Crippen LogP contribution in [-0.2, 0) is 0 Å².